The molecule has 0 saturated carbocycles. The molecule has 5 rings (SSSR count). The molecule has 2 atom stereocenters. The summed E-state index contributed by atoms with van der Waals surface area (Å²) < 4.78 is 6.37. The second-order valence-corrected chi connectivity index (χ2v) is 9.37. The molecular weight excluding hydrogens is 434 g/mol. The maximum atomic E-state index is 6.37. The molecule has 1 saturated heterocycles. The molecule has 0 radical (unpaired) electrons. The van der Waals surface area contributed by atoms with Crippen LogP contribution in [-0.2, 0) is 0 Å². The Bertz CT molecular complexity index is 1220. The third kappa shape index (κ3) is 4.16. The molecule has 1 N–H and O–H groups in total. The number of pyridine rings is 1. The third-order valence-corrected chi connectivity index (χ3v) is 6.79. The van der Waals surface area contributed by atoms with E-state index in [1.807, 2.05) is 36.5 Å². The molecule has 1 fully saturated rings. The molecule has 0 bridgehead atoms. The van der Waals surface area contributed by atoms with Crippen molar-refractivity contribution in [3.63, 3.8) is 0 Å². The average Bonchev–Trinajstić information content (AvgIpc) is 3.40. The Hall–Kier alpha value is -3.09. The lowest BCUT2D eigenvalue weighted by Gasteiger charge is -2.26. The molecule has 4 aromatic rings. The molecule has 0 aliphatic carbocycles. The highest BCUT2D eigenvalue weighted by molar-refractivity contribution is 7.99. The lowest BCUT2D eigenvalue weighted by molar-refractivity contribution is 0.383. The highest BCUT2D eigenvalue weighted by Crippen LogP contribution is 2.43. The topological polar surface area (TPSA) is 41.3 Å². The minimum Gasteiger partial charge on any atom is -0.452 e. The summed E-state index contributed by atoms with van der Waals surface area (Å²) in [5.41, 5.74) is 4.41. The fourth-order valence-electron chi connectivity index (χ4n) is 3.90. The highest BCUT2D eigenvalue weighted by Gasteiger charge is 2.42. The molecule has 6 heteroatoms. The number of aryl methyl sites for hydroxylation is 2. The van der Waals surface area contributed by atoms with Crippen molar-refractivity contribution in [3.8, 4) is 0 Å². The summed E-state index contributed by atoms with van der Waals surface area (Å²) in [5.74, 6) is 0.850. The van der Waals surface area contributed by atoms with Gasteiger partial charge in [-0.3, -0.25) is 4.98 Å². The first-order valence-corrected chi connectivity index (χ1v) is 11.7. The minimum atomic E-state index is -0.146. The summed E-state index contributed by atoms with van der Waals surface area (Å²) in [6.07, 6.45) is 1.81. The number of rotatable bonds is 5. The summed E-state index contributed by atoms with van der Waals surface area (Å²) >= 11 is 7.39. The standard InChI is InChI=1S/C26H23N3OS2/c1-17-6-10-19(11-7-17)29-25(24(28-26(29)31)21-5-3-4-16-27-21)22-14-15-23(30-22)32-20-12-8-18(2)9-13-20/h3-16,24-25H,1-2H3,(H,28,31)/t24-,25-/m1/s1. The number of thiocarbonyl (C=S) groups is 1. The molecule has 32 heavy (non-hydrogen) atoms. The predicted octanol–water partition coefficient (Wildman–Crippen LogP) is 6.62. The highest BCUT2D eigenvalue weighted by atomic mass is 32.2. The summed E-state index contributed by atoms with van der Waals surface area (Å²) in [5, 5.41) is 4.99. The first-order chi connectivity index (χ1) is 15.6. The Morgan fingerprint density at radius 1 is 0.906 bits per heavy atom. The molecule has 2 aromatic carbocycles. The molecule has 1 aliphatic heterocycles. The van der Waals surface area contributed by atoms with Gasteiger partial charge in [0.1, 0.15) is 11.8 Å². The van der Waals surface area contributed by atoms with Gasteiger partial charge in [0.25, 0.3) is 0 Å². The van der Waals surface area contributed by atoms with E-state index in [9.17, 15) is 0 Å². The van der Waals surface area contributed by atoms with Gasteiger partial charge in [-0.05, 0) is 74.6 Å². The largest absolute Gasteiger partial charge is 0.452 e. The normalized spacial score (nSPS) is 18.1. The SMILES string of the molecule is Cc1ccc(Sc2ccc([C@@H]3[C@@H](c4ccccn4)NC(=S)N3c3ccc(C)cc3)o2)cc1. The van der Waals surface area contributed by atoms with E-state index in [0.717, 1.165) is 27.1 Å². The van der Waals surface area contributed by atoms with Crippen molar-refractivity contribution >= 4 is 34.8 Å². The second-order valence-electron chi connectivity index (χ2n) is 7.90. The monoisotopic (exact) mass is 457 g/mol. The zero-order valence-corrected chi connectivity index (χ0v) is 19.5. The first-order valence-electron chi connectivity index (χ1n) is 10.5. The lowest BCUT2D eigenvalue weighted by Crippen LogP contribution is -2.29. The Morgan fingerprint density at radius 2 is 1.62 bits per heavy atom. The summed E-state index contributed by atoms with van der Waals surface area (Å²) in [6, 6.07) is 26.6. The van der Waals surface area contributed by atoms with Crippen LogP contribution in [0, 0.1) is 13.8 Å². The van der Waals surface area contributed by atoms with Gasteiger partial charge < -0.3 is 14.6 Å². The Labute approximate surface area is 197 Å². The Morgan fingerprint density at radius 3 is 2.31 bits per heavy atom. The first kappa shape index (κ1) is 20.8. The minimum absolute atomic E-state index is 0.117. The van der Waals surface area contributed by atoms with Crippen LogP contribution in [0.15, 0.2) is 99.5 Å². The van der Waals surface area contributed by atoms with E-state index in [4.69, 9.17) is 16.6 Å². The number of anilines is 1. The van der Waals surface area contributed by atoms with E-state index in [2.05, 4.69) is 77.6 Å². The summed E-state index contributed by atoms with van der Waals surface area (Å²) in [6.45, 7) is 4.17. The quantitative estimate of drug-likeness (QED) is 0.340. The van der Waals surface area contributed by atoms with E-state index < -0.39 is 0 Å². The summed E-state index contributed by atoms with van der Waals surface area (Å²) in [7, 11) is 0. The fourth-order valence-corrected chi connectivity index (χ4v) is 5.02. The molecule has 160 valence electrons. The molecule has 0 amide bonds. The molecule has 0 spiro atoms. The zero-order chi connectivity index (χ0) is 22.1. The zero-order valence-electron chi connectivity index (χ0n) is 17.9. The molecule has 0 unspecified atom stereocenters. The molecule has 3 heterocycles. The van der Waals surface area contributed by atoms with Crippen LogP contribution in [0.4, 0.5) is 5.69 Å². The van der Waals surface area contributed by atoms with E-state index in [1.165, 1.54) is 11.1 Å². The maximum absolute atomic E-state index is 6.37. The number of benzene rings is 2. The van der Waals surface area contributed by atoms with Gasteiger partial charge in [0.05, 0.1) is 11.7 Å². The van der Waals surface area contributed by atoms with Gasteiger partial charge >= 0.3 is 0 Å². The van der Waals surface area contributed by atoms with Crippen LogP contribution in [0.3, 0.4) is 0 Å². The van der Waals surface area contributed by atoms with Crippen LogP contribution < -0.4 is 10.2 Å². The van der Waals surface area contributed by atoms with Gasteiger partial charge in [-0.1, -0.05) is 53.2 Å². The summed E-state index contributed by atoms with van der Waals surface area (Å²) in [4.78, 5) is 7.88. The molecule has 4 nitrogen and oxygen atoms in total. The predicted molar refractivity (Wildman–Crippen MR) is 133 cm³/mol. The van der Waals surface area contributed by atoms with Crippen molar-refractivity contribution < 1.29 is 4.42 Å². The second kappa shape index (κ2) is 8.81. The number of aromatic nitrogens is 1. The van der Waals surface area contributed by atoms with E-state index in [-0.39, 0.29) is 12.1 Å². The van der Waals surface area contributed by atoms with Crippen molar-refractivity contribution in [1.29, 1.82) is 0 Å². The van der Waals surface area contributed by atoms with Crippen LogP contribution in [0.5, 0.6) is 0 Å². The number of hydrogen-bond acceptors (Lipinski definition) is 4. The van der Waals surface area contributed by atoms with Crippen molar-refractivity contribution in [1.82, 2.24) is 10.3 Å². The average molecular weight is 458 g/mol. The van der Waals surface area contributed by atoms with Gasteiger partial charge in [-0.2, -0.15) is 0 Å². The van der Waals surface area contributed by atoms with Gasteiger partial charge in [0.15, 0.2) is 10.2 Å². The van der Waals surface area contributed by atoms with Crippen LogP contribution >= 0.6 is 24.0 Å². The Kier molecular flexibility index (Phi) is 5.72. The van der Waals surface area contributed by atoms with Gasteiger partial charge in [-0.15, -0.1) is 0 Å². The van der Waals surface area contributed by atoms with E-state index >= 15 is 0 Å². The van der Waals surface area contributed by atoms with Gasteiger partial charge in [-0.25, -0.2) is 0 Å². The van der Waals surface area contributed by atoms with E-state index in [0.29, 0.717) is 5.11 Å². The van der Waals surface area contributed by atoms with Crippen molar-refractivity contribution in [2.45, 2.75) is 35.9 Å². The van der Waals surface area contributed by atoms with Crippen LogP contribution in [-0.4, -0.2) is 10.1 Å². The van der Waals surface area contributed by atoms with Crippen molar-refractivity contribution in [2.24, 2.45) is 0 Å². The number of furan rings is 1. The van der Waals surface area contributed by atoms with E-state index in [1.54, 1.807) is 11.8 Å². The molecular formula is C26H23N3OS2. The van der Waals surface area contributed by atoms with Crippen LogP contribution in [0.2, 0.25) is 0 Å². The Balaban J connectivity index is 1.52. The number of nitrogens with zero attached hydrogens (tertiary/aromatic N) is 2. The van der Waals surface area contributed by atoms with Crippen molar-refractivity contribution in [3.05, 3.63) is 108 Å². The molecule has 2 aromatic heterocycles. The van der Waals surface area contributed by atoms with Crippen molar-refractivity contribution in [2.75, 3.05) is 4.90 Å². The third-order valence-electron chi connectivity index (χ3n) is 5.54. The fraction of sp³-hybridized carbons (Fsp3) is 0.154. The number of nitrogens with one attached hydrogen (secondary N) is 1. The van der Waals surface area contributed by atoms with Crippen LogP contribution in [0.1, 0.15) is 34.7 Å². The van der Waals surface area contributed by atoms with Gasteiger partial charge in [0, 0.05) is 16.8 Å². The lowest BCUT2D eigenvalue weighted by atomic mass is 10.0. The smallest absolute Gasteiger partial charge is 0.174 e. The molecule has 1 aliphatic rings. The maximum Gasteiger partial charge on any atom is 0.174 e. The number of hydrogen-bond donors (Lipinski definition) is 1. The van der Waals surface area contributed by atoms with Gasteiger partial charge in [0.2, 0.25) is 0 Å². The van der Waals surface area contributed by atoms with Crippen LogP contribution in [0.25, 0.3) is 0 Å².